The molecule has 0 amide bonds. The van der Waals surface area contributed by atoms with Crippen molar-refractivity contribution in [1.29, 1.82) is 0 Å². The molecule has 132 valence electrons. The Bertz CT molecular complexity index is 1210. The molecule has 4 aromatic rings. The summed E-state index contributed by atoms with van der Waals surface area (Å²) in [6.45, 7) is 3.58. The number of aryl methyl sites for hydroxylation is 2. The van der Waals surface area contributed by atoms with Crippen molar-refractivity contribution in [3.05, 3.63) is 52.3 Å². The fraction of sp³-hybridized carbons (Fsp3) is 0.222. The molecule has 0 saturated heterocycles. The van der Waals surface area contributed by atoms with Gasteiger partial charge in [0.25, 0.3) is 11.3 Å². The van der Waals surface area contributed by atoms with E-state index in [1.54, 1.807) is 57.0 Å². The molecule has 0 radical (unpaired) electrons. The van der Waals surface area contributed by atoms with Crippen molar-refractivity contribution in [2.75, 3.05) is 14.2 Å². The van der Waals surface area contributed by atoms with Gasteiger partial charge in [0.1, 0.15) is 17.3 Å². The summed E-state index contributed by atoms with van der Waals surface area (Å²) in [5.74, 6) is 2.27. The number of benzene rings is 1. The highest BCUT2D eigenvalue weighted by atomic mass is 16.5. The largest absolute Gasteiger partial charge is 0.497 e. The molecule has 0 aliphatic carbocycles. The van der Waals surface area contributed by atoms with Crippen LogP contribution < -0.4 is 15.0 Å². The van der Waals surface area contributed by atoms with Gasteiger partial charge in [-0.3, -0.25) is 9.36 Å². The summed E-state index contributed by atoms with van der Waals surface area (Å²) >= 11 is 0. The van der Waals surface area contributed by atoms with Crippen molar-refractivity contribution in [3.8, 4) is 17.2 Å². The third-order valence-electron chi connectivity index (χ3n) is 4.27. The first-order chi connectivity index (χ1) is 12.5. The van der Waals surface area contributed by atoms with Crippen LogP contribution in [0.4, 0.5) is 0 Å². The molecule has 4 rings (SSSR count). The molecule has 0 saturated carbocycles. The molecule has 0 spiro atoms. The SMILES string of the molecule is COc1ccc(OC)c(-n2ccc3c(c(C)nc4nc(C)nn43)c2=O)c1. The molecule has 0 bridgehead atoms. The zero-order chi connectivity index (χ0) is 18.4. The van der Waals surface area contributed by atoms with Gasteiger partial charge >= 0.3 is 0 Å². The summed E-state index contributed by atoms with van der Waals surface area (Å²) in [5.41, 5.74) is 1.64. The van der Waals surface area contributed by atoms with Gasteiger partial charge in [-0.15, -0.1) is 5.10 Å². The van der Waals surface area contributed by atoms with Crippen LogP contribution in [-0.2, 0) is 0 Å². The van der Waals surface area contributed by atoms with Gasteiger partial charge in [-0.25, -0.2) is 4.98 Å². The molecular formula is C18H17N5O3. The van der Waals surface area contributed by atoms with Crippen molar-refractivity contribution in [2.24, 2.45) is 0 Å². The van der Waals surface area contributed by atoms with Crippen molar-refractivity contribution in [1.82, 2.24) is 24.1 Å². The molecule has 26 heavy (non-hydrogen) atoms. The molecule has 3 aromatic heterocycles. The van der Waals surface area contributed by atoms with E-state index in [1.807, 2.05) is 6.07 Å². The van der Waals surface area contributed by atoms with Crippen LogP contribution in [0.25, 0.3) is 22.4 Å². The average Bonchev–Trinajstić information content (AvgIpc) is 3.01. The van der Waals surface area contributed by atoms with E-state index >= 15 is 0 Å². The lowest BCUT2D eigenvalue weighted by atomic mass is 10.2. The van der Waals surface area contributed by atoms with Crippen LogP contribution in [0.3, 0.4) is 0 Å². The number of pyridine rings is 1. The maximum Gasteiger partial charge on any atom is 0.266 e. The minimum atomic E-state index is -0.214. The minimum Gasteiger partial charge on any atom is -0.497 e. The molecule has 3 heterocycles. The summed E-state index contributed by atoms with van der Waals surface area (Å²) in [6, 6.07) is 7.13. The minimum absolute atomic E-state index is 0.214. The van der Waals surface area contributed by atoms with E-state index in [0.717, 1.165) is 0 Å². The predicted molar refractivity (Wildman–Crippen MR) is 96.5 cm³/mol. The predicted octanol–water partition coefficient (Wildman–Crippen LogP) is 2.06. The highest BCUT2D eigenvalue weighted by Gasteiger charge is 2.16. The third kappa shape index (κ3) is 2.30. The van der Waals surface area contributed by atoms with Gasteiger partial charge in [-0.05, 0) is 32.0 Å². The highest BCUT2D eigenvalue weighted by Crippen LogP contribution is 2.27. The second-order valence-electron chi connectivity index (χ2n) is 5.86. The second kappa shape index (κ2) is 5.83. The number of ether oxygens (including phenoxy) is 2. The van der Waals surface area contributed by atoms with E-state index < -0.39 is 0 Å². The van der Waals surface area contributed by atoms with Gasteiger partial charge in [0.05, 0.1) is 36.5 Å². The maximum atomic E-state index is 13.2. The molecule has 0 atom stereocenters. The number of nitrogens with zero attached hydrogens (tertiary/aromatic N) is 5. The molecule has 0 N–H and O–H groups in total. The molecular weight excluding hydrogens is 334 g/mol. The number of methoxy groups -OCH3 is 2. The molecule has 1 aromatic carbocycles. The molecule has 0 aliphatic heterocycles. The van der Waals surface area contributed by atoms with E-state index in [9.17, 15) is 4.79 Å². The fourth-order valence-electron chi connectivity index (χ4n) is 3.06. The number of fused-ring (bicyclic) bond motifs is 3. The quantitative estimate of drug-likeness (QED) is 0.562. The fourth-order valence-corrected chi connectivity index (χ4v) is 3.06. The van der Waals surface area contributed by atoms with Gasteiger partial charge in [-0.2, -0.15) is 9.50 Å². The highest BCUT2D eigenvalue weighted by molar-refractivity contribution is 5.82. The van der Waals surface area contributed by atoms with Crippen LogP contribution in [0.5, 0.6) is 11.5 Å². The zero-order valence-corrected chi connectivity index (χ0v) is 14.8. The van der Waals surface area contributed by atoms with E-state index in [2.05, 4.69) is 15.1 Å². The summed E-state index contributed by atoms with van der Waals surface area (Å²) < 4.78 is 13.8. The summed E-state index contributed by atoms with van der Waals surface area (Å²) in [7, 11) is 3.14. The van der Waals surface area contributed by atoms with Crippen LogP contribution in [0.1, 0.15) is 11.5 Å². The Labute approximate surface area is 148 Å². The van der Waals surface area contributed by atoms with Crippen LogP contribution in [0.15, 0.2) is 35.3 Å². The number of hydrogen-bond donors (Lipinski definition) is 0. The van der Waals surface area contributed by atoms with Crippen molar-refractivity contribution >= 4 is 16.7 Å². The van der Waals surface area contributed by atoms with Crippen molar-refractivity contribution < 1.29 is 9.47 Å². The van der Waals surface area contributed by atoms with E-state index in [4.69, 9.17) is 9.47 Å². The van der Waals surface area contributed by atoms with E-state index in [0.29, 0.717) is 45.4 Å². The molecule has 8 nitrogen and oxygen atoms in total. The van der Waals surface area contributed by atoms with Crippen molar-refractivity contribution in [3.63, 3.8) is 0 Å². The normalized spacial score (nSPS) is 11.2. The first-order valence-corrected chi connectivity index (χ1v) is 8.01. The molecule has 0 fully saturated rings. The Hall–Kier alpha value is -3.42. The third-order valence-corrected chi connectivity index (χ3v) is 4.27. The Morgan fingerprint density at radius 1 is 1.04 bits per heavy atom. The second-order valence-corrected chi connectivity index (χ2v) is 5.86. The Morgan fingerprint density at radius 2 is 1.85 bits per heavy atom. The van der Waals surface area contributed by atoms with Crippen LogP contribution in [-0.4, -0.2) is 38.4 Å². The smallest absolute Gasteiger partial charge is 0.266 e. The number of aromatic nitrogens is 5. The first kappa shape index (κ1) is 16.1. The topological polar surface area (TPSA) is 83.5 Å². The van der Waals surface area contributed by atoms with Gasteiger partial charge in [-0.1, -0.05) is 0 Å². The lowest BCUT2D eigenvalue weighted by Gasteiger charge is -2.13. The Morgan fingerprint density at radius 3 is 2.58 bits per heavy atom. The van der Waals surface area contributed by atoms with E-state index in [1.165, 1.54) is 4.57 Å². The Kier molecular flexibility index (Phi) is 3.61. The standard InChI is InChI=1S/C18H17N5O3/c1-10-16-13(23-18(19-10)20-11(2)21-23)7-8-22(17(16)24)14-9-12(25-3)5-6-15(14)26-4/h5-9H,1-4H3. The van der Waals surface area contributed by atoms with E-state index in [-0.39, 0.29) is 5.56 Å². The monoisotopic (exact) mass is 351 g/mol. The summed E-state index contributed by atoms with van der Waals surface area (Å²) in [6.07, 6.45) is 1.69. The lowest BCUT2D eigenvalue weighted by Crippen LogP contribution is -2.20. The maximum absolute atomic E-state index is 13.2. The summed E-state index contributed by atoms with van der Waals surface area (Å²) in [5, 5.41) is 4.82. The molecule has 0 aliphatic rings. The van der Waals surface area contributed by atoms with Gasteiger partial charge in [0.15, 0.2) is 0 Å². The average molecular weight is 351 g/mol. The van der Waals surface area contributed by atoms with Crippen LogP contribution in [0.2, 0.25) is 0 Å². The van der Waals surface area contributed by atoms with Crippen LogP contribution >= 0.6 is 0 Å². The summed E-state index contributed by atoms with van der Waals surface area (Å²) in [4.78, 5) is 21.9. The lowest BCUT2D eigenvalue weighted by molar-refractivity contribution is 0.401. The van der Waals surface area contributed by atoms with Crippen molar-refractivity contribution in [2.45, 2.75) is 13.8 Å². The number of hydrogen-bond acceptors (Lipinski definition) is 6. The molecule has 0 unspecified atom stereocenters. The van der Waals surface area contributed by atoms with Gasteiger partial charge in [0, 0.05) is 12.3 Å². The first-order valence-electron chi connectivity index (χ1n) is 8.01. The number of rotatable bonds is 3. The zero-order valence-electron chi connectivity index (χ0n) is 14.8. The molecule has 8 heteroatoms. The Balaban J connectivity index is 2.08. The van der Waals surface area contributed by atoms with Gasteiger partial charge in [0.2, 0.25) is 0 Å². The van der Waals surface area contributed by atoms with Gasteiger partial charge < -0.3 is 9.47 Å². The van der Waals surface area contributed by atoms with Crippen LogP contribution in [0, 0.1) is 13.8 Å².